The second-order valence-electron chi connectivity index (χ2n) is 1.75. The van der Waals surface area contributed by atoms with Crippen molar-refractivity contribution in [1.29, 1.82) is 0 Å². The number of nitrogens with zero attached hydrogens (tertiary/aromatic N) is 2. The van der Waals surface area contributed by atoms with Crippen molar-refractivity contribution in [2.75, 3.05) is 7.05 Å². The van der Waals surface area contributed by atoms with Gasteiger partial charge in [0, 0.05) is 13.1 Å². The lowest BCUT2D eigenvalue weighted by Crippen LogP contribution is -2.18. The van der Waals surface area contributed by atoms with Gasteiger partial charge in [0.2, 0.25) is 0 Å². The van der Waals surface area contributed by atoms with Gasteiger partial charge in [-0.1, -0.05) is 7.43 Å². The maximum absolute atomic E-state index is 9.62. The van der Waals surface area contributed by atoms with Crippen molar-refractivity contribution in [3.63, 3.8) is 0 Å². The zero-order valence-corrected chi connectivity index (χ0v) is 4.88. The molecule has 0 spiro atoms. The molecule has 0 aromatic carbocycles. The topological polar surface area (TPSA) is 32.7 Å². The molecule has 0 amide bonds. The van der Waals surface area contributed by atoms with Gasteiger partial charge < -0.3 is 0 Å². The lowest BCUT2D eigenvalue weighted by molar-refractivity contribution is 0.284. The molecule has 0 N–H and O–H groups in total. The van der Waals surface area contributed by atoms with Gasteiger partial charge in [0.1, 0.15) is 0 Å². The lowest BCUT2D eigenvalue weighted by atomic mass is 10.4. The van der Waals surface area contributed by atoms with Crippen LogP contribution in [-0.2, 0) is 0 Å². The van der Waals surface area contributed by atoms with Gasteiger partial charge in [-0.3, -0.25) is 5.01 Å². The Kier molecular flexibility index (Phi) is 5.92. The second kappa shape index (κ2) is 4.56. The molecule has 0 radical (unpaired) electrons. The molecule has 8 heavy (non-hydrogen) atoms. The Morgan fingerprint density at radius 2 is 1.88 bits per heavy atom. The predicted molar refractivity (Wildman–Crippen MR) is 35.4 cm³/mol. The van der Waals surface area contributed by atoms with E-state index in [1.165, 1.54) is 5.01 Å². The molecule has 0 bridgehead atoms. The molecule has 0 aromatic rings. The third-order valence-corrected chi connectivity index (χ3v) is 0.876. The fraction of sp³-hybridized carbons (Fsp3) is 1.00. The van der Waals surface area contributed by atoms with Gasteiger partial charge in [0.15, 0.2) is 0 Å². The highest BCUT2D eigenvalue weighted by molar-refractivity contribution is 4.47. The maximum atomic E-state index is 9.62. The van der Waals surface area contributed by atoms with E-state index in [-0.39, 0.29) is 13.5 Å². The van der Waals surface area contributed by atoms with Crippen LogP contribution in [-0.4, -0.2) is 18.1 Å². The van der Waals surface area contributed by atoms with Crippen molar-refractivity contribution in [3.8, 4) is 0 Å². The third kappa shape index (κ3) is 3.59. The van der Waals surface area contributed by atoms with Crippen LogP contribution in [0.3, 0.4) is 0 Å². The van der Waals surface area contributed by atoms with Crippen LogP contribution >= 0.6 is 0 Å². The molecule has 0 saturated heterocycles. The smallest absolute Gasteiger partial charge is 0.0523 e. The molecular formula is C5H14N2O. The number of nitroso groups, excluding NO2 is 1. The normalized spacial score (nSPS) is 8.00. The zero-order valence-electron chi connectivity index (χ0n) is 4.88. The van der Waals surface area contributed by atoms with Gasteiger partial charge in [-0.2, -0.15) is 0 Å². The Balaban J connectivity index is 0. The molecule has 0 atom stereocenters. The molecule has 3 nitrogen and oxygen atoms in total. The van der Waals surface area contributed by atoms with E-state index >= 15 is 0 Å². The monoisotopic (exact) mass is 118 g/mol. The number of rotatable bonds is 2. The molecule has 0 rings (SSSR count). The van der Waals surface area contributed by atoms with Crippen molar-refractivity contribution in [2.24, 2.45) is 5.29 Å². The summed E-state index contributed by atoms with van der Waals surface area (Å²) in [5.41, 5.74) is 0. The molecule has 0 heterocycles. The van der Waals surface area contributed by atoms with Crippen LogP contribution in [0, 0.1) is 4.91 Å². The molecule has 0 fully saturated rings. The summed E-state index contributed by atoms with van der Waals surface area (Å²) in [6.07, 6.45) is 0. The second-order valence-corrected chi connectivity index (χ2v) is 1.75. The maximum Gasteiger partial charge on any atom is 0.0523 e. The predicted octanol–water partition coefficient (Wildman–Crippen LogP) is 1.64. The molecule has 0 unspecified atom stereocenters. The van der Waals surface area contributed by atoms with E-state index in [2.05, 4.69) is 5.29 Å². The van der Waals surface area contributed by atoms with Crippen LogP contribution < -0.4 is 0 Å². The summed E-state index contributed by atoms with van der Waals surface area (Å²) in [7, 11) is 1.65. The molecule has 50 valence electrons. The van der Waals surface area contributed by atoms with Crippen molar-refractivity contribution < 1.29 is 0 Å². The highest BCUT2D eigenvalue weighted by atomic mass is 16.3. The SMILES string of the molecule is C.CC(C)N(C)N=O. The molecule has 3 heteroatoms. The quantitative estimate of drug-likeness (QED) is 0.408. The Bertz CT molecular complexity index is 63.4. The minimum atomic E-state index is 0. The highest BCUT2D eigenvalue weighted by Crippen LogP contribution is 1.90. The van der Waals surface area contributed by atoms with E-state index in [9.17, 15) is 4.91 Å². The minimum Gasteiger partial charge on any atom is -0.261 e. The van der Waals surface area contributed by atoms with E-state index in [0.29, 0.717) is 0 Å². The fourth-order valence-corrected chi connectivity index (χ4v) is 0.0943. The van der Waals surface area contributed by atoms with Crippen LogP contribution in [0.15, 0.2) is 5.29 Å². The minimum absolute atomic E-state index is 0. The van der Waals surface area contributed by atoms with Crippen LogP contribution in [0.25, 0.3) is 0 Å². The molecule has 0 saturated carbocycles. The van der Waals surface area contributed by atoms with Crippen molar-refractivity contribution in [1.82, 2.24) is 5.01 Å². The van der Waals surface area contributed by atoms with Gasteiger partial charge in [-0.15, -0.1) is 4.91 Å². The van der Waals surface area contributed by atoms with Gasteiger partial charge in [-0.05, 0) is 13.8 Å². The average Bonchev–Trinajstić information content (AvgIpc) is 1.65. The fourth-order valence-electron chi connectivity index (χ4n) is 0.0943. The summed E-state index contributed by atoms with van der Waals surface area (Å²) in [5, 5.41) is 4.03. The largest absolute Gasteiger partial charge is 0.261 e. The first-order valence-corrected chi connectivity index (χ1v) is 2.24. The van der Waals surface area contributed by atoms with E-state index < -0.39 is 0 Å². The van der Waals surface area contributed by atoms with Crippen LogP contribution in [0.2, 0.25) is 0 Å². The molecule has 0 aliphatic carbocycles. The van der Waals surface area contributed by atoms with Crippen LogP contribution in [0.4, 0.5) is 0 Å². The lowest BCUT2D eigenvalue weighted by Gasteiger charge is -2.10. The summed E-state index contributed by atoms with van der Waals surface area (Å²) < 4.78 is 0. The van der Waals surface area contributed by atoms with Gasteiger partial charge in [0.25, 0.3) is 0 Å². The number of hydrogen-bond donors (Lipinski definition) is 0. The van der Waals surface area contributed by atoms with Crippen molar-refractivity contribution in [2.45, 2.75) is 27.3 Å². The molecule has 0 aliphatic rings. The van der Waals surface area contributed by atoms with Crippen LogP contribution in [0.1, 0.15) is 21.3 Å². The summed E-state index contributed by atoms with van der Waals surface area (Å²) in [5.74, 6) is 0. The van der Waals surface area contributed by atoms with Gasteiger partial charge >= 0.3 is 0 Å². The number of hydrogen-bond acceptors (Lipinski definition) is 2. The molecular weight excluding hydrogens is 104 g/mol. The molecule has 0 aromatic heterocycles. The first kappa shape index (κ1) is 10.4. The van der Waals surface area contributed by atoms with E-state index in [1.54, 1.807) is 7.05 Å². The summed E-state index contributed by atoms with van der Waals surface area (Å²) in [6.45, 7) is 3.81. The van der Waals surface area contributed by atoms with E-state index in [1.807, 2.05) is 13.8 Å². The van der Waals surface area contributed by atoms with Crippen molar-refractivity contribution >= 4 is 0 Å². The average molecular weight is 118 g/mol. The standard InChI is InChI=1S/C4H10N2O.CH4/c1-4(2)6(3)5-7;/h4H,1-3H3;1H4. The van der Waals surface area contributed by atoms with Crippen LogP contribution in [0.5, 0.6) is 0 Å². The van der Waals surface area contributed by atoms with Crippen molar-refractivity contribution in [3.05, 3.63) is 4.91 Å². The zero-order chi connectivity index (χ0) is 5.86. The van der Waals surface area contributed by atoms with E-state index in [0.717, 1.165) is 0 Å². The summed E-state index contributed by atoms with van der Waals surface area (Å²) >= 11 is 0. The summed E-state index contributed by atoms with van der Waals surface area (Å²) in [6, 6.07) is 0.220. The highest BCUT2D eigenvalue weighted by Gasteiger charge is 1.96. The summed E-state index contributed by atoms with van der Waals surface area (Å²) in [4.78, 5) is 9.62. The van der Waals surface area contributed by atoms with Gasteiger partial charge in [-0.25, -0.2) is 0 Å². The Morgan fingerprint density at radius 1 is 1.50 bits per heavy atom. The van der Waals surface area contributed by atoms with E-state index in [4.69, 9.17) is 0 Å². The first-order chi connectivity index (χ1) is 3.18. The third-order valence-electron chi connectivity index (χ3n) is 0.876. The Hall–Kier alpha value is -0.600. The molecule has 0 aliphatic heterocycles. The first-order valence-electron chi connectivity index (χ1n) is 2.24. The van der Waals surface area contributed by atoms with Gasteiger partial charge in [0.05, 0.1) is 5.29 Å². The Labute approximate surface area is 50.6 Å². The Morgan fingerprint density at radius 3 is 1.88 bits per heavy atom.